The van der Waals surface area contributed by atoms with Crippen LogP contribution in [0.25, 0.3) is 16.6 Å². The molecule has 17 heavy (non-hydrogen) atoms. The smallest absolute Gasteiger partial charge is 0.245 e. The van der Waals surface area contributed by atoms with E-state index >= 15 is 0 Å². The molecule has 0 saturated heterocycles. The molecule has 0 bridgehead atoms. The molecule has 0 unspecified atom stereocenters. The van der Waals surface area contributed by atoms with E-state index in [9.17, 15) is 0 Å². The van der Waals surface area contributed by atoms with Crippen molar-refractivity contribution < 1.29 is 0 Å². The van der Waals surface area contributed by atoms with Crippen LogP contribution in [-0.2, 0) is 6.42 Å². The Morgan fingerprint density at radius 1 is 1.35 bits per heavy atom. The molecule has 2 heterocycles. The standard InChI is InChI=1S/C11H12N6/c1-2-9-15-17-10(16(9)13)7-5-3-4-6-8(7)14-11(17)12/h3-6,12H,2,13H2,1H3. The largest absolute Gasteiger partial charge is 0.336 e. The van der Waals surface area contributed by atoms with Crippen molar-refractivity contribution in [3.05, 3.63) is 35.7 Å². The zero-order valence-electron chi connectivity index (χ0n) is 9.38. The Hall–Kier alpha value is -2.37. The first-order valence-corrected chi connectivity index (χ1v) is 5.41. The molecule has 0 aliphatic rings. The number of nitrogens with one attached hydrogen (secondary N) is 1. The van der Waals surface area contributed by atoms with Crippen molar-refractivity contribution in [2.45, 2.75) is 13.3 Å². The van der Waals surface area contributed by atoms with Crippen LogP contribution in [0.4, 0.5) is 0 Å². The van der Waals surface area contributed by atoms with E-state index in [0.717, 1.165) is 16.7 Å². The van der Waals surface area contributed by atoms with Gasteiger partial charge in [0.2, 0.25) is 5.62 Å². The third-order valence-corrected chi connectivity index (χ3v) is 2.81. The molecule has 0 atom stereocenters. The predicted octanol–water partition coefficient (Wildman–Crippen LogP) is 0.440. The van der Waals surface area contributed by atoms with Crippen molar-refractivity contribution in [2.75, 3.05) is 5.84 Å². The molecule has 0 fully saturated rings. The topological polar surface area (TPSA) is 85.0 Å². The molecule has 6 nitrogen and oxygen atoms in total. The highest BCUT2D eigenvalue weighted by molar-refractivity contribution is 5.91. The highest BCUT2D eigenvalue weighted by Crippen LogP contribution is 2.15. The fourth-order valence-corrected chi connectivity index (χ4v) is 1.99. The molecule has 2 aromatic heterocycles. The maximum absolute atomic E-state index is 7.85. The minimum Gasteiger partial charge on any atom is -0.336 e. The van der Waals surface area contributed by atoms with Gasteiger partial charge in [-0.1, -0.05) is 19.1 Å². The maximum atomic E-state index is 7.85. The van der Waals surface area contributed by atoms with Crippen LogP contribution in [0.3, 0.4) is 0 Å². The van der Waals surface area contributed by atoms with Crippen molar-refractivity contribution in [1.29, 1.82) is 5.41 Å². The van der Waals surface area contributed by atoms with E-state index in [4.69, 9.17) is 11.3 Å². The highest BCUT2D eigenvalue weighted by Gasteiger charge is 2.11. The lowest BCUT2D eigenvalue weighted by molar-refractivity contribution is 0.794. The fourth-order valence-electron chi connectivity index (χ4n) is 1.99. The number of para-hydroxylation sites is 1. The molecule has 3 rings (SSSR count). The van der Waals surface area contributed by atoms with Crippen LogP contribution in [0, 0.1) is 5.41 Å². The molecule has 86 valence electrons. The Balaban J connectivity index is 2.64. The molecule has 1 aromatic carbocycles. The molecule has 0 spiro atoms. The second kappa shape index (κ2) is 3.31. The minimum atomic E-state index is 0.0950. The third-order valence-electron chi connectivity index (χ3n) is 2.81. The molecule has 0 amide bonds. The number of aryl methyl sites for hydroxylation is 1. The van der Waals surface area contributed by atoms with Gasteiger partial charge >= 0.3 is 0 Å². The molecular formula is C11H12N6. The van der Waals surface area contributed by atoms with Gasteiger partial charge in [-0.3, -0.25) is 5.41 Å². The lowest BCUT2D eigenvalue weighted by Gasteiger charge is -2.01. The summed E-state index contributed by atoms with van der Waals surface area (Å²) >= 11 is 0. The molecule has 3 N–H and O–H groups in total. The summed E-state index contributed by atoms with van der Waals surface area (Å²) in [5.41, 5.74) is 1.56. The minimum absolute atomic E-state index is 0.0950. The molecule has 3 aromatic rings. The number of hydrogen-bond acceptors (Lipinski definition) is 4. The average Bonchev–Trinajstić information content (AvgIpc) is 2.68. The van der Waals surface area contributed by atoms with E-state index in [1.54, 1.807) is 0 Å². The Bertz CT molecular complexity index is 767. The van der Waals surface area contributed by atoms with Gasteiger partial charge in [-0.25, -0.2) is 9.66 Å². The number of hydrogen-bond donors (Lipinski definition) is 2. The second-order valence-corrected chi connectivity index (χ2v) is 3.83. The molecule has 0 aliphatic carbocycles. The summed E-state index contributed by atoms with van der Waals surface area (Å²) in [5.74, 6) is 6.74. The predicted molar refractivity (Wildman–Crippen MR) is 63.9 cm³/mol. The third kappa shape index (κ3) is 1.24. The van der Waals surface area contributed by atoms with Crippen molar-refractivity contribution in [2.24, 2.45) is 0 Å². The number of aromatic nitrogens is 4. The zero-order valence-corrected chi connectivity index (χ0v) is 9.38. The van der Waals surface area contributed by atoms with Crippen molar-refractivity contribution in [3.8, 4) is 0 Å². The summed E-state index contributed by atoms with van der Waals surface area (Å²) in [4.78, 5) is 4.19. The van der Waals surface area contributed by atoms with Crippen LogP contribution in [-0.4, -0.2) is 19.3 Å². The first-order valence-electron chi connectivity index (χ1n) is 5.41. The van der Waals surface area contributed by atoms with Gasteiger partial charge < -0.3 is 5.84 Å². The average molecular weight is 228 g/mol. The van der Waals surface area contributed by atoms with Gasteiger partial charge in [-0.05, 0) is 12.1 Å². The Kier molecular flexibility index (Phi) is 1.91. The van der Waals surface area contributed by atoms with E-state index in [-0.39, 0.29) is 5.62 Å². The summed E-state index contributed by atoms with van der Waals surface area (Å²) < 4.78 is 3.00. The number of nitrogens with two attached hydrogens (primary N) is 1. The van der Waals surface area contributed by atoms with Gasteiger partial charge in [0.25, 0.3) is 0 Å². The maximum Gasteiger partial charge on any atom is 0.245 e. The summed E-state index contributed by atoms with van der Waals surface area (Å²) in [6.45, 7) is 1.98. The quantitative estimate of drug-likeness (QED) is 0.593. The van der Waals surface area contributed by atoms with Crippen molar-refractivity contribution in [1.82, 2.24) is 19.3 Å². The second-order valence-electron chi connectivity index (χ2n) is 3.83. The van der Waals surface area contributed by atoms with Crippen LogP contribution in [0.15, 0.2) is 24.3 Å². The lowest BCUT2D eigenvalue weighted by Crippen LogP contribution is -2.19. The van der Waals surface area contributed by atoms with E-state index in [0.29, 0.717) is 12.1 Å². The van der Waals surface area contributed by atoms with Gasteiger partial charge in [0.1, 0.15) is 5.82 Å². The van der Waals surface area contributed by atoms with Gasteiger partial charge in [0.15, 0.2) is 5.65 Å². The molecular weight excluding hydrogens is 216 g/mol. The SMILES string of the molecule is CCc1nn2c(=N)nc3ccccc3c2n1N. The highest BCUT2D eigenvalue weighted by atomic mass is 15.5. The van der Waals surface area contributed by atoms with E-state index < -0.39 is 0 Å². The molecule has 6 heteroatoms. The van der Waals surface area contributed by atoms with Crippen LogP contribution in [0.1, 0.15) is 12.7 Å². The van der Waals surface area contributed by atoms with Gasteiger partial charge in [-0.15, -0.1) is 5.10 Å². The first kappa shape index (κ1) is 9.83. The fraction of sp³-hybridized carbons (Fsp3) is 0.182. The van der Waals surface area contributed by atoms with Crippen LogP contribution >= 0.6 is 0 Å². The monoisotopic (exact) mass is 228 g/mol. The number of fused-ring (bicyclic) bond motifs is 3. The van der Waals surface area contributed by atoms with Gasteiger partial charge in [-0.2, -0.15) is 4.52 Å². The summed E-state index contributed by atoms with van der Waals surface area (Å²) in [6, 6.07) is 7.61. The zero-order chi connectivity index (χ0) is 12.0. The van der Waals surface area contributed by atoms with E-state index in [1.165, 1.54) is 9.19 Å². The number of nitrogen functional groups attached to an aromatic ring is 1. The van der Waals surface area contributed by atoms with Crippen molar-refractivity contribution in [3.63, 3.8) is 0 Å². The van der Waals surface area contributed by atoms with E-state index in [1.807, 2.05) is 31.2 Å². The molecule has 0 aliphatic heterocycles. The van der Waals surface area contributed by atoms with Crippen LogP contribution < -0.4 is 11.5 Å². The van der Waals surface area contributed by atoms with Crippen molar-refractivity contribution >= 4 is 16.6 Å². The normalized spacial score (nSPS) is 11.4. The Morgan fingerprint density at radius 3 is 2.88 bits per heavy atom. The molecule has 0 radical (unpaired) electrons. The number of rotatable bonds is 1. The first-order chi connectivity index (χ1) is 8.22. The lowest BCUT2D eigenvalue weighted by atomic mass is 10.2. The van der Waals surface area contributed by atoms with E-state index in [2.05, 4.69) is 10.1 Å². The summed E-state index contributed by atoms with van der Waals surface area (Å²) in [6.07, 6.45) is 0.714. The Morgan fingerprint density at radius 2 is 2.12 bits per heavy atom. The summed E-state index contributed by atoms with van der Waals surface area (Å²) in [5, 5.41) is 13.0. The van der Waals surface area contributed by atoms with Crippen LogP contribution in [0.2, 0.25) is 0 Å². The Labute approximate surface area is 96.8 Å². The summed E-state index contributed by atoms with van der Waals surface area (Å²) in [7, 11) is 0. The van der Waals surface area contributed by atoms with Gasteiger partial charge in [0, 0.05) is 11.8 Å². The number of nitrogens with zero attached hydrogens (tertiary/aromatic N) is 4. The number of benzene rings is 1. The van der Waals surface area contributed by atoms with Crippen LogP contribution in [0.5, 0.6) is 0 Å². The molecule has 0 saturated carbocycles. The van der Waals surface area contributed by atoms with Gasteiger partial charge in [0.05, 0.1) is 5.52 Å².